The zero-order valence-corrected chi connectivity index (χ0v) is 13.6. The fourth-order valence-corrected chi connectivity index (χ4v) is 3.28. The molecule has 1 aliphatic rings. The molecule has 1 fully saturated rings. The van der Waals surface area contributed by atoms with Gasteiger partial charge in [-0.1, -0.05) is 0 Å². The van der Waals surface area contributed by atoms with Crippen LogP contribution in [0.15, 0.2) is 18.5 Å². The first-order valence-corrected chi connectivity index (χ1v) is 8.84. The average molecular weight is 325 g/mol. The van der Waals surface area contributed by atoms with Crippen molar-refractivity contribution in [2.75, 3.05) is 18.6 Å². The summed E-state index contributed by atoms with van der Waals surface area (Å²) in [6.07, 6.45) is 8.13. The highest BCUT2D eigenvalue weighted by molar-refractivity contribution is 7.98. The van der Waals surface area contributed by atoms with Crippen LogP contribution in [-0.4, -0.2) is 57.3 Å². The number of nitrogens with two attached hydrogens (primary N) is 1. The van der Waals surface area contributed by atoms with Crippen LogP contribution in [0.25, 0.3) is 0 Å². The van der Waals surface area contributed by atoms with E-state index < -0.39 is 12.1 Å². The van der Waals surface area contributed by atoms with Crippen LogP contribution in [0.5, 0.6) is 0 Å². The lowest BCUT2D eigenvalue weighted by molar-refractivity contribution is -0.134. The Labute approximate surface area is 134 Å². The second-order valence-corrected chi connectivity index (χ2v) is 6.38. The molecule has 2 heterocycles. The van der Waals surface area contributed by atoms with Gasteiger partial charge in [0.25, 0.3) is 0 Å². The highest BCUT2D eigenvalue weighted by Gasteiger charge is 2.33. The SMILES string of the molecule is CSCC[C@@H](NC(N)=O)C(=O)N1CCC[C@@H]1Cn1cccn1. The van der Waals surface area contributed by atoms with Crippen molar-refractivity contribution in [3.8, 4) is 0 Å². The summed E-state index contributed by atoms with van der Waals surface area (Å²) in [6, 6.07) is 0.807. The molecule has 0 unspecified atom stereocenters. The van der Waals surface area contributed by atoms with Crippen LogP contribution in [-0.2, 0) is 11.3 Å². The fourth-order valence-electron chi connectivity index (χ4n) is 2.80. The van der Waals surface area contributed by atoms with E-state index in [4.69, 9.17) is 5.73 Å². The maximum atomic E-state index is 12.7. The molecule has 0 bridgehead atoms. The van der Waals surface area contributed by atoms with Crippen molar-refractivity contribution in [3.63, 3.8) is 0 Å². The van der Waals surface area contributed by atoms with Crippen molar-refractivity contribution in [1.29, 1.82) is 0 Å². The molecular formula is C14H23N5O2S. The maximum absolute atomic E-state index is 12.7. The largest absolute Gasteiger partial charge is 0.352 e. The second-order valence-electron chi connectivity index (χ2n) is 5.40. The van der Waals surface area contributed by atoms with Crippen molar-refractivity contribution in [2.24, 2.45) is 5.73 Å². The lowest BCUT2D eigenvalue weighted by Crippen LogP contribution is -2.52. The molecule has 1 aromatic heterocycles. The summed E-state index contributed by atoms with van der Waals surface area (Å²) in [5.74, 6) is 0.761. The molecule has 8 heteroatoms. The van der Waals surface area contributed by atoms with Gasteiger partial charge in [0.15, 0.2) is 0 Å². The molecular weight excluding hydrogens is 302 g/mol. The van der Waals surface area contributed by atoms with Gasteiger partial charge in [-0.3, -0.25) is 9.48 Å². The zero-order valence-electron chi connectivity index (χ0n) is 12.8. The summed E-state index contributed by atoms with van der Waals surface area (Å²) in [5.41, 5.74) is 5.20. The van der Waals surface area contributed by atoms with E-state index >= 15 is 0 Å². The molecule has 3 amide bonds. The Morgan fingerprint density at radius 1 is 1.55 bits per heavy atom. The highest BCUT2D eigenvalue weighted by atomic mass is 32.2. The Hall–Kier alpha value is -1.70. The van der Waals surface area contributed by atoms with Crippen LogP contribution >= 0.6 is 11.8 Å². The molecule has 0 spiro atoms. The number of carbonyl (C=O) groups excluding carboxylic acids is 2. The lowest BCUT2D eigenvalue weighted by atomic mass is 10.1. The molecule has 7 nitrogen and oxygen atoms in total. The average Bonchev–Trinajstić information content (AvgIpc) is 3.14. The van der Waals surface area contributed by atoms with Gasteiger partial charge in [0, 0.05) is 18.9 Å². The third kappa shape index (κ3) is 4.40. The van der Waals surface area contributed by atoms with Crippen molar-refractivity contribution in [3.05, 3.63) is 18.5 Å². The third-order valence-corrected chi connectivity index (χ3v) is 4.49. The van der Waals surface area contributed by atoms with Crippen molar-refractivity contribution in [1.82, 2.24) is 20.0 Å². The van der Waals surface area contributed by atoms with Crippen LogP contribution in [0.3, 0.4) is 0 Å². The van der Waals surface area contributed by atoms with Gasteiger partial charge in [-0.05, 0) is 37.3 Å². The number of rotatable bonds is 7. The normalized spacial score (nSPS) is 19.1. The number of nitrogens with one attached hydrogen (secondary N) is 1. The topological polar surface area (TPSA) is 93.2 Å². The smallest absolute Gasteiger partial charge is 0.312 e. The highest BCUT2D eigenvalue weighted by Crippen LogP contribution is 2.20. The third-order valence-electron chi connectivity index (χ3n) is 3.84. The van der Waals surface area contributed by atoms with E-state index in [2.05, 4.69) is 10.4 Å². The van der Waals surface area contributed by atoms with Gasteiger partial charge in [0.05, 0.1) is 12.6 Å². The number of carbonyl (C=O) groups is 2. The van der Waals surface area contributed by atoms with E-state index in [0.29, 0.717) is 13.0 Å². The number of thioether (sulfide) groups is 1. The Bertz CT molecular complexity index is 493. The Kier molecular flexibility index (Phi) is 6.11. The van der Waals surface area contributed by atoms with Crippen LogP contribution in [0.4, 0.5) is 4.79 Å². The van der Waals surface area contributed by atoms with E-state index in [-0.39, 0.29) is 11.9 Å². The van der Waals surface area contributed by atoms with E-state index in [0.717, 1.165) is 25.1 Å². The number of amides is 3. The minimum absolute atomic E-state index is 0.0393. The molecule has 0 aliphatic carbocycles. The molecule has 0 saturated carbocycles. The standard InChI is InChI=1S/C14H23N5O2S/c1-22-9-5-12(17-14(15)21)13(20)19-8-2-4-11(19)10-18-7-3-6-16-18/h3,6-7,11-12H,2,4-5,8-10H2,1H3,(H3,15,17,21)/t11-,12-/m1/s1. The maximum Gasteiger partial charge on any atom is 0.312 e. The van der Waals surface area contributed by atoms with Gasteiger partial charge in [0.1, 0.15) is 6.04 Å². The molecule has 3 N–H and O–H groups in total. The van der Waals surface area contributed by atoms with Crippen molar-refractivity contribution in [2.45, 2.75) is 37.9 Å². The molecule has 1 aromatic rings. The van der Waals surface area contributed by atoms with Crippen LogP contribution in [0.1, 0.15) is 19.3 Å². The predicted octanol–water partition coefficient (Wildman–Crippen LogP) is 0.664. The molecule has 1 saturated heterocycles. The minimum atomic E-state index is -0.651. The number of primary amides is 1. The van der Waals surface area contributed by atoms with E-state index in [1.165, 1.54) is 0 Å². The van der Waals surface area contributed by atoms with Crippen molar-refractivity contribution < 1.29 is 9.59 Å². The number of hydrogen-bond acceptors (Lipinski definition) is 4. The van der Waals surface area contributed by atoms with Gasteiger partial charge in [-0.2, -0.15) is 16.9 Å². The Morgan fingerprint density at radius 2 is 2.36 bits per heavy atom. The van der Waals surface area contributed by atoms with Crippen molar-refractivity contribution >= 4 is 23.7 Å². The van der Waals surface area contributed by atoms with Crippen LogP contribution in [0.2, 0.25) is 0 Å². The van der Waals surface area contributed by atoms with Crippen LogP contribution in [0, 0.1) is 0 Å². The quantitative estimate of drug-likeness (QED) is 0.770. The monoisotopic (exact) mass is 325 g/mol. The summed E-state index contributed by atoms with van der Waals surface area (Å²) < 4.78 is 1.84. The number of urea groups is 1. The summed E-state index contributed by atoms with van der Waals surface area (Å²) in [5, 5.41) is 6.78. The summed E-state index contributed by atoms with van der Waals surface area (Å²) in [6.45, 7) is 1.41. The van der Waals surface area contributed by atoms with E-state index in [1.54, 1.807) is 18.0 Å². The van der Waals surface area contributed by atoms with Gasteiger partial charge >= 0.3 is 6.03 Å². The number of hydrogen-bond donors (Lipinski definition) is 2. The minimum Gasteiger partial charge on any atom is -0.352 e. The van der Waals surface area contributed by atoms with Gasteiger partial charge < -0.3 is 16.0 Å². The first-order valence-electron chi connectivity index (χ1n) is 7.44. The van der Waals surface area contributed by atoms with E-state index in [9.17, 15) is 9.59 Å². The molecule has 0 aromatic carbocycles. The summed E-state index contributed by atoms with van der Waals surface area (Å²) in [7, 11) is 0. The summed E-state index contributed by atoms with van der Waals surface area (Å²) in [4.78, 5) is 25.8. The molecule has 22 heavy (non-hydrogen) atoms. The number of aromatic nitrogens is 2. The molecule has 0 radical (unpaired) electrons. The number of likely N-dealkylation sites (tertiary alicyclic amines) is 1. The number of nitrogens with zero attached hydrogens (tertiary/aromatic N) is 3. The molecule has 1 aliphatic heterocycles. The fraction of sp³-hybridized carbons (Fsp3) is 0.643. The first kappa shape index (κ1) is 16.7. The lowest BCUT2D eigenvalue weighted by Gasteiger charge is -2.29. The Morgan fingerprint density at radius 3 is 3.00 bits per heavy atom. The predicted molar refractivity (Wildman–Crippen MR) is 86.5 cm³/mol. The zero-order chi connectivity index (χ0) is 15.9. The Balaban J connectivity index is 2.01. The molecule has 122 valence electrons. The van der Waals surface area contributed by atoms with Gasteiger partial charge in [-0.15, -0.1) is 0 Å². The molecule has 2 rings (SSSR count). The molecule has 2 atom stereocenters. The summed E-state index contributed by atoms with van der Waals surface area (Å²) >= 11 is 1.64. The van der Waals surface area contributed by atoms with Gasteiger partial charge in [-0.25, -0.2) is 4.79 Å². The van der Waals surface area contributed by atoms with Crippen LogP contribution < -0.4 is 11.1 Å². The van der Waals surface area contributed by atoms with Gasteiger partial charge in [0.2, 0.25) is 5.91 Å². The second kappa shape index (κ2) is 8.07. The van der Waals surface area contributed by atoms with E-state index in [1.807, 2.05) is 28.1 Å². The first-order chi connectivity index (χ1) is 10.6.